The molecule has 128 valence electrons. The fourth-order valence-corrected chi connectivity index (χ4v) is 2.39. The summed E-state index contributed by atoms with van der Waals surface area (Å²) in [4.78, 5) is 11.9. The molecule has 0 aromatic heterocycles. The first-order valence-electron chi connectivity index (χ1n) is 7.86. The second kappa shape index (κ2) is 6.43. The van der Waals surface area contributed by atoms with E-state index in [9.17, 15) is 18.7 Å². The van der Waals surface area contributed by atoms with Gasteiger partial charge in [0.05, 0.1) is 5.60 Å². The van der Waals surface area contributed by atoms with E-state index in [4.69, 9.17) is 0 Å². The third kappa shape index (κ3) is 4.19. The topological polar surface area (TPSA) is 61.4 Å². The number of hydrogen-bond donors (Lipinski definition) is 3. The van der Waals surface area contributed by atoms with Crippen LogP contribution in [-0.2, 0) is 5.41 Å². The fraction of sp³-hybridized carbons (Fsp3) is 0.588. The summed E-state index contributed by atoms with van der Waals surface area (Å²) in [6.45, 7) is 5.82. The van der Waals surface area contributed by atoms with Gasteiger partial charge in [0.15, 0.2) is 0 Å². The third-order valence-corrected chi connectivity index (χ3v) is 4.79. The van der Waals surface area contributed by atoms with Crippen LogP contribution >= 0.6 is 0 Å². The summed E-state index contributed by atoms with van der Waals surface area (Å²) in [6.07, 6.45) is 1.50. The highest BCUT2D eigenvalue weighted by molar-refractivity contribution is 5.74. The van der Waals surface area contributed by atoms with Crippen LogP contribution in [0.1, 0.15) is 39.2 Å². The SMILES string of the molecule is CC(C)C(C)(O)CNC(=O)NCC1(c2ccc(F)cc2F)CC1. The predicted octanol–water partition coefficient (Wildman–Crippen LogP) is 2.70. The molecule has 1 unspecified atom stereocenters. The van der Waals surface area contributed by atoms with E-state index < -0.39 is 28.7 Å². The Labute approximate surface area is 135 Å². The van der Waals surface area contributed by atoms with Crippen molar-refractivity contribution in [1.82, 2.24) is 10.6 Å². The van der Waals surface area contributed by atoms with E-state index >= 15 is 0 Å². The Morgan fingerprint density at radius 3 is 2.52 bits per heavy atom. The molecule has 2 amide bonds. The highest BCUT2D eigenvalue weighted by Gasteiger charge is 2.46. The van der Waals surface area contributed by atoms with Crippen molar-refractivity contribution >= 4 is 6.03 Å². The predicted molar refractivity (Wildman–Crippen MR) is 84.1 cm³/mol. The van der Waals surface area contributed by atoms with Crippen LogP contribution in [0.5, 0.6) is 0 Å². The van der Waals surface area contributed by atoms with Crippen LogP contribution in [0.3, 0.4) is 0 Å². The number of carbonyl (C=O) groups excluding carboxylic acids is 1. The minimum absolute atomic E-state index is 0.00545. The molecule has 0 saturated heterocycles. The van der Waals surface area contributed by atoms with E-state index in [2.05, 4.69) is 10.6 Å². The maximum atomic E-state index is 13.9. The maximum absolute atomic E-state index is 13.9. The summed E-state index contributed by atoms with van der Waals surface area (Å²) in [5.74, 6) is -1.18. The first kappa shape index (κ1) is 17.7. The van der Waals surface area contributed by atoms with Crippen LogP contribution in [0.2, 0.25) is 0 Å². The highest BCUT2D eigenvalue weighted by Crippen LogP contribution is 2.48. The summed E-state index contributed by atoms with van der Waals surface area (Å²) in [5.41, 5.74) is -0.999. The van der Waals surface area contributed by atoms with E-state index in [0.29, 0.717) is 5.56 Å². The second-order valence-corrected chi connectivity index (χ2v) is 6.95. The van der Waals surface area contributed by atoms with Gasteiger partial charge in [0.25, 0.3) is 0 Å². The first-order valence-corrected chi connectivity index (χ1v) is 7.86. The van der Waals surface area contributed by atoms with Gasteiger partial charge in [0.1, 0.15) is 11.6 Å². The zero-order chi connectivity index (χ0) is 17.3. The van der Waals surface area contributed by atoms with Crippen LogP contribution in [0.25, 0.3) is 0 Å². The van der Waals surface area contributed by atoms with E-state index in [1.165, 1.54) is 12.1 Å². The van der Waals surface area contributed by atoms with Crippen molar-refractivity contribution in [3.8, 4) is 0 Å². The summed E-state index contributed by atoms with van der Waals surface area (Å²) in [6, 6.07) is 3.15. The van der Waals surface area contributed by atoms with E-state index in [0.717, 1.165) is 18.9 Å². The lowest BCUT2D eigenvalue weighted by molar-refractivity contribution is 0.0166. The van der Waals surface area contributed by atoms with Gasteiger partial charge >= 0.3 is 6.03 Å². The lowest BCUT2D eigenvalue weighted by Gasteiger charge is -2.28. The minimum Gasteiger partial charge on any atom is -0.388 e. The van der Waals surface area contributed by atoms with Gasteiger partial charge in [0, 0.05) is 24.6 Å². The summed E-state index contributed by atoms with van der Waals surface area (Å²) >= 11 is 0. The highest BCUT2D eigenvalue weighted by atomic mass is 19.1. The Morgan fingerprint density at radius 1 is 1.35 bits per heavy atom. The number of urea groups is 1. The van der Waals surface area contributed by atoms with Crippen LogP contribution in [0.15, 0.2) is 18.2 Å². The molecule has 6 heteroatoms. The number of nitrogens with one attached hydrogen (secondary N) is 2. The van der Waals surface area contributed by atoms with Crippen LogP contribution < -0.4 is 10.6 Å². The van der Waals surface area contributed by atoms with Gasteiger partial charge in [-0.2, -0.15) is 0 Å². The Kier molecular flexibility index (Phi) is 4.94. The molecule has 1 fully saturated rings. The van der Waals surface area contributed by atoms with Crippen molar-refractivity contribution in [3.05, 3.63) is 35.4 Å². The number of rotatable bonds is 6. The molecule has 0 bridgehead atoms. The molecule has 1 saturated carbocycles. The number of carbonyl (C=O) groups is 1. The van der Waals surface area contributed by atoms with Crippen LogP contribution in [0.4, 0.5) is 13.6 Å². The van der Waals surface area contributed by atoms with Crippen molar-refractivity contribution in [2.75, 3.05) is 13.1 Å². The molecule has 4 nitrogen and oxygen atoms in total. The second-order valence-electron chi connectivity index (χ2n) is 6.95. The van der Waals surface area contributed by atoms with Gasteiger partial charge < -0.3 is 15.7 Å². The van der Waals surface area contributed by atoms with Gasteiger partial charge in [-0.05, 0) is 37.3 Å². The number of aliphatic hydroxyl groups is 1. The van der Waals surface area contributed by atoms with Gasteiger partial charge in [-0.25, -0.2) is 13.6 Å². The summed E-state index contributed by atoms with van der Waals surface area (Å²) in [7, 11) is 0. The van der Waals surface area contributed by atoms with Crippen molar-refractivity contribution in [2.45, 2.75) is 44.6 Å². The molecule has 1 aliphatic rings. The molecule has 23 heavy (non-hydrogen) atoms. The standard InChI is InChI=1S/C17H24F2N2O2/c1-11(2)16(3,23)9-20-15(22)21-10-17(6-7-17)13-5-4-12(18)8-14(13)19/h4-5,8,11,23H,6-7,9-10H2,1-3H3,(H2,20,21,22). The molecule has 0 aliphatic heterocycles. The zero-order valence-corrected chi connectivity index (χ0v) is 13.7. The number of halogens is 2. The third-order valence-electron chi connectivity index (χ3n) is 4.79. The normalized spacial score (nSPS) is 18.4. The molecule has 1 aromatic rings. The van der Waals surface area contributed by atoms with Gasteiger partial charge in [0.2, 0.25) is 0 Å². The lowest BCUT2D eigenvalue weighted by Crippen LogP contribution is -2.48. The Morgan fingerprint density at radius 2 is 2.00 bits per heavy atom. The Balaban J connectivity index is 1.89. The first-order chi connectivity index (χ1) is 10.7. The summed E-state index contributed by atoms with van der Waals surface area (Å²) < 4.78 is 26.9. The minimum atomic E-state index is -0.988. The average molecular weight is 326 g/mol. The smallest absolute Gasteiger partial charge is 0.314 e. The van der Waals surface area contributed by atoms with Crippen molar-refractivity contribution in [3.63, 3.8) is 0 Å². The molecule has 3 N–H and O–H groups in total. The molecular weight excluding hydrogens is 302 g/mol. The Bertz CT molecular complexity index is 584. The number of amides is 2. The van der Waals surface area contributed by atoms with Crippen molar-refractivity contribution < 1.29 is 18.7 Å². The van der Waals surface area contributed by atoms with Gasteiger partial charge in [-0.3, -0.25) is 0 Å². The Hall–Kier alpha value is -1.69. The summed E-state index contributed by atoms with van der Waals surface area (Å²) in [5, 5.41) is 15.4. The lowest BCUT2D eigenvalue weighted by atomic mass is 9.93. The quantitative estimate of drug-likeness (QED) is 0.753. The molecule has 1 aromatic carbocycles. The number of hydrogen-bond acceptors (Lipinski definition) is 2. The molecule has 0 radical (unpaired) electrons. The zero-order valence-electron chi connectivity index (χ0n) is 13.7. The van der Waals surface area contributed by atoms with Crippen LogP contribution in [0, 0.1) is 17.6 Å². The van der Waals surface area contributed by atoms with Gasteiger partial charge in [-0.1, -0.05) is 19.9 Å². The van der Waals surface area contributed by atoms with Gasteiger partial charge in [-0.15, -0.1) is 0 Å². The van der Waals surface area contributed by atoms with Crippen LogP contribution in [-0.4, -0.2) is 29.8 Å². The molecule has 0 spiro atoms. The van der Waals surface area contributed by atoms with E-state index in [1.807, 2.05) is 13.8 Å². The molecule has 2 rings (SSSR count). The average Bonchev–Trinajstić information content (AvgIpc) is 3.23. The largest absolute Gasteiger partial charge is 0.388 e. The maximum Gasteiger partial charge on any atom is 0.314 e. The molecule has 1 atom stereocenters. The van der Waals surface area contributed by atoms with E-state index in [-0.39, 0.29) is 19.0 Å². The van der Waals surface area contributed by atoms with Crippen molar-refractivity contribution in [1.29, 1.82) is 0 Å². The fourth-order valence-electron chi connectivity index (χ4n) is 2.39. The molecule has 1 aliphatic carbocycles. The molecule has 0 heterocycles. The number of benzene rings is 1. The van der Waals surface area contributed by atoms with E-state index in [1.54, 1.807) is 6.92 Å². The molecular formula is C17H24F2N2O2. The van der Waals surface area contributed by atoms with Crippen molar-refractivity contribution in [2.24, 2.45) is 5.92 Å². The monoisotopic (exact) mass is 326 g/mol.